The van der Waals surface area contributed by atoms with Crippen LogP contribution in [-0.4, -0.2) is 9.78 Å². The molecule has 84 valence electrons. The first-order valence-corrected chi connectivity index (χ1v) is 5.57. The van der Waals surface area contributed by atoms with Crippen LogP contribution in [0.1, 0.15) is 18.2 Å². The van der Waals surface area contributed by atoms with Crippen LogP contribution in [0.15, 0.2) is 29.1 Å². The number of aryl methyl sites for hydroxylation is 1. The van der Waals surface area contributed by atoms with Gasteiger partial charge in [-0.1, -0.05) is 24.6 Å². The molecule has 2 aromatic rings. The van der Waals surface area contributed by atoms with Gasteiger partial charge in [0.15, 0.2) is 0 Å². The quantitative estimate of drug-likeness (QED) is 0.856. The van der Waals surface area contributed by atoms with Gasteiger partial charge in [0.1, 0.15) is 0 Å². The number of hydrogen-bond acceptors (Lipinski definition) is 1. The Hall–Kier alpha value is -1.48. The fraction of sp³-hybridized carbons (Fsp3) is 0.250. The molecule has 0 unspecified atom stereocenters. The molecule has 3 nitrogen and oxygen atoms in total. The fourth-order valence-corrected chi connectivity index (χ4v) is 1.98. The van der Waals surface area contributed by atoms with Gasteiger partial charge < -0.3 is 0 Å². The summed E-state index contributed by atoms with van der Waals surface area (Å²) in [6.07, 6.45) is 0.731. The Labute approximate surface area is 98.7 Å². The molecule has 0 amide bonds. The number of aromatic nitrogens is 2. The standard InChI is InChI=1S/C12H13ClN2O/c1-3-11-8(2)14-15(12(11)16)10-6-4-5-9(13)7-10/h4-7,14H,3H2,1-2H3. The topological polar surface area (TPSA) is 37.8 Å². The maximum Gasteiger partial charge on any atom is 0.274 e. The summed E-state index contributed by atoms with van der Waals surface area (Å²) in [5.74, 6) is 0. The summed E-state index contributed by atoms with van der Waals surface area (Å²) in [6.45, 7) is 3.88. The smallest absolute Gasteiger partial charge is 0.274 e. The SMILES string of the molecule is CCc1c(C)[nH]n(-c2cccc(Cl)c2)c1=O. The molecule has 0 radical (unpaired) electrons. The van der Waals surface area contributed by atoms with Gasteiger partial charge >= 0.3 is 0 Å². The van der Waals surface area contributed by atoms with E-state index in [2.05, 4.69) is 5.10 Å². The molecule has 0 atom stereocenters. The third-order valence-corrected chi connectivity index (χ3v) is 2.85. The van der Waals surface area contributed by atoms with Crippen molar-refractivity contribution >= 4 is 11.6 Å². The molecule has 1 aromatic heterocycles. The molecule has 0 aliphatic rings. The number of halogens is 1. The molecule has 0 aliphatic carbocycles. The van der Waals surface area contributed by atoms with E-state index in [0.717, 1.165) is 23.4 Å². The maximum atomic E-state index is 12.0. The first-order valence-electron chi connectivity index (χ1n) is 5.20. The van der Waals surface area contributed by atoms with E-state index in [-0.39, 0.29) is 5.56 Å². The van der Waals surface area contributed by atoms with Crippen molar-refractivity contribution in [3.8, 4) is 5.69 Å². The molecule has 0 saturated heterocycles. The van der Waals surface area contributed by atoms with Gasteiger partial charge in [-0.05, 0) is 31.5 Å². The molecule has 0 fully saturated rings. The summed E-state index contributed by atoms with van der Waals surface area (Å²) in [7, 11) is 0. The molecule has 2 rings (SSSR count). The van der Waals surface area contributed by atoms with Crippen LogP contribution in [0.3, 0.4) is 0 Å². The Bertz CT molecular complexity index is 569. The van der Waals surface area contributed by atoms with Gasteiger partial charge in [-0.25, -0.2) is 4.68 Å². The molecular formula is C12H13ClN2O. The predicted octanol–water partition coefficient (Wildman–Crippen LogP) is 2.69. The average molecular weight is 237 g/mol. The van der Waals surface area contributed by atoms with Crippen molar-refractivity contribution in [2.75, 3.05) is 0 Å². The first-order chi connectivity index (χ1) is 7.63. The van der Waals surface area contributed by atoms with Gasteiger partial charge in [0.25, 0.3) is 5.56 Å². The Balaban J connectivity index is 2.61. The zero-order valence-corrected chi connectivity index (χ0v) is 10.0. The monoisotopic (exact) mass is 236 g/mol. The lowest BCUT2D eigenvalue weighted by atomic mass is 10.2. The lowest BCUT2D eigenvalue weighted by Gasteiger charge is -2.01. The number of H-pyrrole nitrogens is 1. The third kappa shape index (κ3) is 1.78. The maximum absolute atomic E-state index is 12.0. The Kier molecular flexibility index (Phi) is 2.88. The van der Waals surface area contributed by atoms with Crippen LogP contribution >= 0.6 is 11.6 Å². The summed E-state index contributed by atoms with van der Waals surface area (Å²) in [6, 6.07) is 7.22. The van der Waals surface area contributed by atoms with Gasteiger partial charge in [-0.2, -0.15) is 0 Å². The fourth-order valence-electron chi connectivity index (χ4n) is 1.79. The molecule has 0 spiro atoms. The normalized spacial score (nSPS) is 10.7. The molecule has 1 aromatic carbocycles. The highest BCUT2D eigenvalue weighted by Crippen LogP contribution is 2.13. The zero-order chi connectivity index (χ0) is 11.7. The Morgan fingerprint density at radius 3 is 2.75 bits per heavy atom. The molecule has 1 N–H and O–H groups in total. The molecule has 16 heavy (non-hydrogen) atoms. The van der Waals surface area contributed by atoms with E-state index >= 15 is 0 Å². The summed E-state index contributed by atoms with van der Waals surface area (Å²) >= 11 is 5.90. The van der Waals surface area contributed by atoms with Gasteiger partial charge in [-0.3, -0.25) is 9.89 Å². The highest BCUT2D eigenvalue weighted by Gasteiger charge is 2.10. The Morgan fingerprint density at radius 2 is 2.19 bits per heavy atom. The van der Waals surface area contributed by atoms with Gasteiger partial charge in [0.05, 0.1) is 5.69 Å². The molecule has 0 bridgehead atoms. The third-order valence-electron chi connectivity index (χ3n) is 2.61. The second-order valence-electron chi connectivity index (χ2n) is 3.69. The summed E-state index contributed by atoms with van der Waals surface area (Å²) in [4.78, 5) is 12.0. The highest BCUT2D eigenvalue weighted by atomic mass is 35.5. The number of nitrogens with zero attached hydrogens (tertiary/aromatic N) is 1. The molecule has 1 heterocycles. The van der Waals surface area contributed by atoms with Crippen molar-refractivity contribution in [1.29, 1.82) is 0 Å². The minimum Gasteiger partial charge on any atom is -0.295 e. The van der Waals surface area contributed by atoms with Crippen LogP contribution in [-0.2, 0) is 6.42 Å². The molecule has 0 saturated carbocycles. The van der Waals surface area contributed by atoms with Crippen LogP contribution in [0.5, 0.6) is 0 Å². The van der Waals surface area contributed by atoms with E-state index in [4.69, 9.17) is 11.6 Å². The van der Waals surface area contributed by atoms with Crippen molar-refractivity contribution in [2.45, 2.75) is 20.3 Å². The minimum atomic E-state index is 0.00210. The molecular weight excluding hydrogens is 224 g/mol. The first kappa shape index (κ1) is 11.0. The van der Waals surface area contributed by atoms with Crippen LogP contribution in [0.2, 0.25) is 5.02 Å². The number of nitrogens with one attached hydrogen (secondary N) is 1. The summed E-state index contributed by atoms with van der Waals surface area (Å²) in [5, 5.41) is 3.67. The largest absolute Gasteiger partial charge is 0.295 e. The van der Waals surface area contributed by atoms with Crippen LogP contribution in [0, 0.1) is 6.92 Å². The minimum absolute atomic E-state index is 0.00210. The second kappa shape index (κ2) is 4.18. The van der Waals surface area contributed by atoms with Crippen molar-refractivity contribution in [1.82, 2.24) is 9.78 Å². The Morgan fingerprint density at radius 1 is 1.44 bits per heavy atom. The predicted molar refractivity (Wildman–Crippen MR) is 65.5 cm³/mol. The lowest BCUT2D eigenvalue weighted by molar-refractivity contribution is 0.834. The second-order valence-corrected chi connectivity index (χ2v) is 4.13. The zero-order valence-electron chi connectivity index (χ0n) is 9.25. The van der Waals surface area contributed by atoms with Crippen molar-refractivity contribution in [3.63, 3.8) is 0 Å². The van der Waals surface area contributed by atoms with E-state index in [1.807, 2.05) is 26.0 Å². The van der Waals surface area contributed by atoms with Gasteiger partial charge in [0, 0.05) is 16.3 Å². The number of benzene rings is 1. The van der Waals surface area contributed by atoms with Crippen molar-refractivity contribution in [2.24, 2.45) is 0 Å². The van der Waals surface area contributed by atoms with Crippen LogP contribution in [0.4, 0.5) is 0 Å². The van der Waals surface area contributed by atoms with Crippen molar-refractivity contribution in [3.05, 3.63) is 50.9 Å². The number of aromatic amines is 1. The van der Waals surface area contributed by atoms with E-state index in [1.54, 1.807) is 12.1 Å². The van der Waals surface area contributed by atoms with Crippen LogP contribution in [0.25, 0.3) is 5.69 Å². The van der Waals surface area contributed by atoms with Gasteiger partial charge in [0.2, 0.25) is 0 Å². The van der Waals surface area contributed by atoms with E-state index in [9.17, 15) is 4.79 Å². The average Bonchev–Trinajstić information content (AvgIpc) is 2.54. The van der Waals surface area contributed by atoms with Crippen molar-refractivity contribution < 1.29 is 0 Å². The van der Waals surface area contributed by atoms with Gasteiger partial charge in [-0.15, -0.1) is 0 Å². The van der Waals surface area contributed by atoms with E-state index in [0.29, 0.717) is 5.02 Å². The molecule has 0 aliphatic heterocycles. The summed E-state index contributed by atoms with van der Waals surface area (Å²) < 4.78 is 1.53. The number of hydrogen-bond donors (Lipinski definition) is 1. The van der Waals surface area contributed by atoms with E-state index < -0.39 is 0 Å². The lowest BCUT2D eigenvalue weighted by Crippen LogP contribution is -2.16. The van der Waals surface area contributed by atoms with E-state index in [1.165, 1.54) is 4.68 Å². The summed E-state index contributed by atoms with van der Waals surface area (Å²) in [5.41, 5.74) is 2.50. The number of rotatable bonds is 2. The molecule has 4 heteroatoms. The van der Waals surface area contributed by atoms with Crippen LogP contribution < -0.4 is 5.56 Å². The highest BCUT2D eigenvalue weighted by molar-refractivity contribution is 6.30.